The van der Waals surface area contributed by atoms with Crippen molar-refractivity contribution in [2.45, 2.75) is 46.1 Å². The summed E-state index contributed by atoms with van der Waals surface area (Å²) < 4.78 is 2.43. The first-order chi connectivity index (χ1) is 9.11. The molecule has 3 rings (SSSR count). The van der Waals surface area contributed by atoms with E-state index in [0.29, 0.717) is 6.04 Å². The third-order valence-corrected chi connectivity index (χ3v) is 4.83. The third kappa shape index (κ3) is 1.90. The molecule has 1 N–H and O–H groups in total. The normalized spacial score (nSPS) is 20.1. The van der Waals surface area contributed by atoms with Crippen molar-refractivity contribution < 1.29 is 0 Å². The SMILES string of the molecule is Cc1ccc2c(C)c(C3CCCCN3)n(C)c2c1C. The summed E-state index contributed by atoms with van der Waals surface area (Å²) in [4.78, 5) is 0. The minimum atomic E-state index is 0.533. The standard InChI is InChI=1S/C17H24N2/c1-11-8-9-14-13(3)17(15-7-5-6-10-18-15)19(4)16(14)12(11)2/h8-9,15,18H,5-7,10H2,1-4H3. The Morgan fingerprint density at radius 3 is 2.58 bits per heavy atom. The maximum Gasteiger partial charge on any atom is 0.0515 e. The number of hydrogen-bond acceptors (Lipinski definition) is 1. The first-order valence-electron chi connectivity index (χ1n) is 7.39. The summed E-state index contributed by atoms with van der Waals surface area (Å²) in [5.41, 5.74) is 7.17. The summed E-state index contributed by atoms with van der Waals surface area (Å²) in [6, 6.07) is 5.08. The number of fused-ring (bicyclic) bond motifs is 1. The van der Waals surface area contributed by atoms with Gasteiger partial charge in [-0.25, -0.2) is 0 Å². The molecule has 0 radical (unpaired) electrons. The number of nitrogens with zero attached hydrogens (tertiary/aromatic N) is 1. The summed E-state index contributed by atoms with van der Waals surface area (Å²) >= 11 is 0. The Labute approximate surface area is 115 Å². The Hall–Kier alpha value is -1.28. The molecular formula is C17H24N2. The van der Waals surface area contributed by atoms with Gasteiger partial charge in [-0.1, -0.05) is 18.6 Å². The minimum Gasteiger partial charge on any atom is -0.346 e. The molecule has 2 nitrogen and oxygen atoms in total. The summed E-state index contributed by atoms with van der Waals surface area (Å²) in [7, 11) is 2.23. The van der Waals surface area contributed by atoms with E-state index in [1.54, 1.807) is 0 Å². The molecule has 0 saturated carbocycles. The molecule has 19 heavy (non-hydrogen) atoms. The molecule has 1 aliphatic heterocycles. The van der Waals surface area contributed by atoms with Crippen molar-refractivity contribution in [1.29, 1.82) is 0 Å². The predicted molar refractivity (Wildman–Crippen MR) is 81.7 cm³/mol. The molecule has 1 unspecified atom stereocenters. The number of benzene rings is 1. The molecule has 1 aliphatic rings. The Balaban J connectivity index is 2.22. The number of aryl methyl sites for hydroxylation is 4. The van der Waals surface area contributed by atoms with Gasteiger partial charge in [0.05, 0.1) is 5.52 Å². The monoisotopic (exact) mass is 256 g/mol. The van der Waals surface area contributed by atoms with Gasteiger partial charge in [0.15, 0.2) is 0 Å². The molecule has 0 aliphatic carbocycles. The fourth-order valence-electron chi connectivity index (χ4n) is 3.63. The van der Waals surface area contributed by atoms with Crippen molar-refractivity contribution in [1.82, 2.24) is 9.88 Å². The highest BCUT2D eigenvalue weighted by atomic mass is 15.0. The van der Waals surface area contributed by atoms with Crippen LogP contribution in [-0.2, 0) is 7.05 Å². The van der Waals surface area contributed by atoms with Gasteiger partial charge in [0.25, 0.3) is 0 Å². The predicted octanol–water partition coefficient (Wildman–Crippen LogP) is 3.92. The largest absolute Gasteiger partial charge is 0.346 e. The third-order valence-electron chi connectivity index (χ3n) is 4.83. The summed E-state index contributed by atoms with van der Waals surface area (Å²) in [6.45, 7) is 7.89. The van der Waals surface area contributed by atoms with Crippen LogP contribution < -0.4 is 5.32 Å². The second-order valence-electron chi connectivity index (χ2n) is 5.98. The van der Waals surface area contributed by atoms with Gasteiger partial charge in [0.2, 0.25) is 0 Å². The molecule has 0 amide bonds. The first-order valence-corrected chi connectivity index (χ1v) is 7.39. The molecule has 0 spiro atoms. The van der Waals surface area contributed by atoms with Crippen LogP contribution in [0, 0.1) is 20.8 Å². The van der Waals surface area contributed by atoms with Gasteiger partial charge in [-0.15, -0.1) is 0 Å². The molecule has 1 fully saturated rings. The zero-order valence-electron chi connectivity index (χ0n) is 12.5. The zero-order chi connectivity index (χ0) is 13.6. The Bertz CT molecular complexity index is 616. The highest BCUT2D eigenvalue weighted by Crippen LogP contribution is 2.34. The smallest absolute Gasteiger partial charge is 0.0515 e. The Morgan fingerprint density at radius 2 is 1.89 bits per heavy atom. The second-order valence-corrected chi connectivity index (χ2v) is 5.98. The summed E-state index contributed by atoms with van der Waals surface area (Å²) in [6.07, 6.45) is 3.93. The molecular weight excluding hydrogens is 232 g/mol. The summed E-state index contributed by atoms with van der Waals surface area (Å²) in [5.74, 6) is 0. The lowest BCUT2D eigenvalue weighted by Crippen LogP contribution is -2.28. The molecule has 1 saturated heterocycles. The lowest BCUT2D eigenvalue weighted by atomic mass is 9.98. The maximum absolute atomic E-state index is 3.69. The molecule has 1 atom stereocenters. The van der Waals surface area contributed by atoms with Gasteiger partial charge in [-0.2, -0.15) is 0 Å². The van der Waals surface area contributed by atoms with Crippen LogP contribution in [-0.4, -0.2) is 11.1 Å². The van der Waals surface area contributed by atoms with Gasteiger partial charge in [0, 0.05) is 24.2 Å². The fraction of sp³-hybridized carbons (Fsp3) is 0.529. The van der Waals surface area contributed by atoms with Crippen molar-refractivity contribution in [2.75, 3.05) is 6.54 Å². The Kier molecular flexibility index (Phi) is 3.14. The number of piperidine rings is 1. The van der Waals surface area contributed by atoms with E-state index in [2.05, 4.69) is 49.8 Å². The van der Waals surface area contributed by atoms with Gasteiger partial charge in [-0.05, 0) is 56.8 Å². The van der Waals surface area contributed by atoms with E-state index < -0.39 is 0 Å². The van der Waals surface area contributed by atoms with Crippen LogP contribution in [0.2, 0.25) is 0 Å². The summed E-state index contributed by atoms with van der Waals surface area (Å²) in [5, 5.41) is 5.12. The molecule has 2 heterocycles. The van der Waals surface area contributed by atoms with Crippen molar-refractivity contribution in [3.05, 3.63) is 34.5 Å². The molecule has 2 aromatic rings. The average molecular weight is 256 g/mol. The van der Waals surface area contributed by atoms with E-state index in [-0.39, 0.29) is 0 Å². The zero-order valence-corrected chi connectivity index (χ0v) is 12.5. The van der Waals surface area contributed by atoms with E-state index in [0.717, 1.165) is 6.54 Å². The van der Waals surface area contributed by atoms with Crippen LogP contribution in [0.3, 0.4) is 0 Å². The number of rotatable bonds is 1. The quantitative estimate of drug-likeness (QED) is 0.818. The lowest BCUT2D eigenvalue weighted by Gasteiger charge is -2.25. The van der Waals surface area contributed by atoms with Crippen LogP contribution in [0.15, 0.2) is 12.1 Å². The maximum atomic E-state index is 3.69. The van der Waals surface area contributed by atoms with Crippen LogP contribution in [0.4, 0.5) is 0 Å². The van der Waals surface area contributed by atoms with E-state index in [4.69, 9.17) is 0 Å². The molecule has 102 valence electrons. The highest BCUT2D eigenvalue weighted by Gasteiger charge is 2.22. The van der Waals surface area contributed by atoms with E-state index in [9.17, 15) is 0 Å². The number of aromatic nitrogens is 1. The van der Waals surface area contributed by atoms with Gasteiger partial charge < -0.3 is 9.88 Å². The number of hydrogen-bond donors (Lipinski definition) is 1. The van der Waals surface area contributed by atoms with Crippen LogP contribution in [0.25, 0.3) is 10.9 Å². The molecule has 2 heteroatoms. The van der Waals surface area contributed by atoms with Gasteiger partial charge in [-0.3, -0.25) is 0 Å². The minimum absolute atomic E-state index is 0.533. The van der Waals surface area contributed by atoms with Crippen molar-refractivity contribution >= 4 is 10.9 Å². The number of nitrogens with one attached hydrogen (secondary N) is 1. The second kappa shape index (κ2) is 4.68. The van der Waals surface area contributed by atoms with E-state index in [1.165, 1.54) is 52.5 Å². The van der Waals surface area contributed by atoms with Crippen molar-refractivity contribution in [3.8, 4) is 0 Å². The van der Waals surface area contributed by atoms with Crippen molar-refractivity contribution in [2.24, 2.45) is 7.05 Å². The van der Waals surface area contributed by atoms with Gasteiger partial charge >= 0.3 is 0 Å². The van der Waals surface area contributed by atoms with Crippen LogP contribution in [0.1, 0.15) is 47.7 Å². The Morgan fingerprint density at radius 1 is 1.11 bits per heavy atom. The van der Waals surface area contributed by atoms with Crippen LogP contribution >= 0.6 is 0 Å². The molecule has 1 aromatic carbocycles. The lowest BCUT2D eigenvalue weighted by molar-refractivity contribution is 0.398. The topological polar surface area (TPSA) is 17.0 Å². The van der Waals surface area contributed by atoms with Crippen molar-refractivity contribution in [3.63, 3.8) is 0 Å². The van der Waals surface area contributed by atoms with Crippen LogP contribution in [0.5, 0.6) is 0 Å². The average Bonchev–Trinajstić information content (AvgIpc) is 2.67. The van der Waals surface area contributed by atoms with E-state index >= 15 is 0 Å². The fourth-order valence-corrected chi connectivity index (χ4v) is 3.63. The highest BCUT2D eigenvalue weighted by molar-refractivity contribution is 5.89. The van der Waals surface area contributed by atoms with E-state index in [1.807, 2.05) is 0 Å². The molecule has 1 aromatic heterocycles. The molecule has 0 bridgehead atoms. The first kappa shape index (κ1) is 12.7. The van der Waals surface area contributed by atoms with Gasteiger partial charge in [0.1, 0.15) is 0 Å².